The summed E-state index contributed by atoms with van der Waals surface area (Å²) in [7, 11) is 0. The lowest BCUT2D eigenvalue weighted by Crippen LogP contribution is -2.11. The number of nitrogens with zero attached hydrogens (tertiary/aromatic N) is 1. The molecule has 1 heterocycles. The summed E-state index contributed by atoms with van der Waals surface area (Å²) in [5.41, 5.74) is 5.83. The van der Waals surface area contributed by atoms with Gasteiger partial charge in [0.05, 0.1) is 0 Å². The summed E-state index contributed by atoms with van der Waals surface area (Å²) >= 11 is 0. The molecule has 0 radical (unpaired) electrons. The summed E-state index contributed by atoms with van der Waals surface area (Å²) in [6.07, 6.45) is 7.57. The van der Waals surface area contributed by atoms with Crippen LogP contribution in [0.25, 0.3) is 0 Å². The number of aryl methyl sites for hydroxylation is 2. The van der Waals surface area contributed by atoms with Crippen LogP contribution in [0.3, 0.4) is 0 Å². The lowest BCUT2D eigenvalue weighted by Gasteiger charge is -2.20. The van der Waals surface area contributed by atoms with Crippen LogP contribution >= 0.6 is 0 Å². The van der Waals surface area contributed by atoms with E-state index in [-0.39, 0.29) is 11.7 Å². The van der Waals surface area contributed by atoms with Crippen molar-refractivity contribution in [1.82, 2.24) is 4.98 Å². The van der Waals surface area contributed by atoms with Crippen molar-refractivity contribution in [3.8, 4) is 12.3 Å². The van der Waals surface area contributed by atoms with E-state index in [1.807, 2.05) is 49.4 Å². The van der Waals surface area contributed by atoms with Crippen molar-refractivity contribution in [1.29, 1.82) is 0 Å². The number of hydrogen-bond acceptors (Lipinski definition) is 2. The average molecular weight is 339 g/mol. The second-order valence-electron chi connectivity index (χ2n) is 6.49. The highest BCUT2D eigenvalue weighted by molar-refractivity contribution is 5.96. The molecule has 2 aromatic carbocycles. The Bertz CT molecular complexity index is 964. The zero-order chi connectivity index (χ0) is 18.5. The first-order valence-electron chi connectivity index (χ1n) is 8.66. The number of hydrogen-bond donors (Lipinski definition) is 0. The molecule has 0 aliphatic rings. The van der Waals surface area contributed by atoms with Crippen LogP contribution < -0.4 is 0 Å². The van der Waals surface area contributed by atoms with Crippen molar-refractivity contribution >= 4 is 5.78 Å². The molecule has 0 saturated heterocycles. The van der Waals surface area contributed by atoms with Crippen LogP contribution in [0.2, 0.25) is 0 Å². The molecule has 2 nitrogen and oxygen atoms in total. The molecule has 128 valence electrons. The molecule has 3 rings (SSSR count). The topological polar surface area (TPSA) is 30.0 Å². The van der Waals surface area contributed by atoms with Gasteiger partial charge in [-0.2, -0.15) is 0 Å². The van der Waals surface area contributed by atoms with Crippen LogP contribution in [0.15, 0.2) is 66.9 Å². The van der Waals surface area contributed by atoms with Gasteiger partial charge in [0.15, 0.2) is 5.78 Å². The van der Waals surface area contributed by atoms with E-state index in [1.54, 1.807) is 12.3 Å². The first-order chi connectivity index (χ1) is 12.6. The SMILES string of the molecule is C#Cc1ccc(C(CC(=O)c2ccnc(C)c2)c2ccccc2C)cc1. The van der Waals surface area contributed by atoms with Gasteiger partial charge in [-0.1, -0.05) is 42.3 Å². The average Bonchev–Trinajstić information content (AvgIpc) is 2.67. The minimum Gasteiger partial charge on any atom is -0.294 e. The molecule has 0 aliphatic heterocycles. The summed E-state index contributed by atoms with van der Waals surface area (Å²) in [6.45, 7) is 3.98. The number of Topliss-reactive ketones (excluding diaryl/α,β-unsaturated/α-hetero) is 1. The van der Waals surface area contributed by atoms with E-state index in [9.17, 15) is 4.79 Å². The molecule has 0 aliphatic carbocycles. The molecule has 1 atom stereocenters. The monoisotopic (exact) mass is 339 g/mol. The summed E-state index contributed by atoms with van der Waals surface area (Å²) in [6, 6.07) is 19.8. The number of benzene rings is 2. The first-order valence-corrected chi connectivity index (χ1v) is 8.66. The van der Waals surface area contributed by atoms with Crippen molar-refractivity contribution in [2.45, 2.75) is 26.2 Å². The van der Waals surface area contributed by atoms with Gasteiger partial charge in [-0.05, 0) is 54.8 Å². The molecular weight excluding hydrogens is 318 g/mol. The molecule has 0 amide bonds. The fourth-order valence-corrected chi connectivity index (χ4v) is 3.22. The van der Waals surface area contributed by atoms with Gasteiger partial charge in [0.1, 0.15) is 0 Å². The number of carbonyl (C=O) groups is 1. The third kappa shape index (κ3) is 3.90. The van der Waals surface area contributed by atoms with Crippen LogP contribution in [-0.4, -0.2) is 10.8 Å². The Morgan fingerprint density at radius 2 is 1.81 bits per heavy atom. The van der Waals surface area contributed by atoms with Crippen molar-refractivity contribution in [3.05, 3.63) is 100 Å². The molecule has 26 heavy (non-hydrogen) atoms. The van der Waals surface area contributed by atoms with E-state index in [1.165, 1.54) is 11.1 Å². The van der Waals surface area contributed by atoms with E-state index in [0.717, 1.165) is 16.8 Å². The normalized spacial score (nSPS) is 11.6. The quantitative estimate of drug-likeness (QED) is 0.479. The van der Waals surface area contributed by atoms with E-state index < -0.39 is 0 Å². The predicted octanol–water partition coefficient (Wildman–Crippen LogP) is 5.08. The molecule has 0 bridgehead atoms. The lowest BCUT2D eigenvalue weighted by atomic mass is 9.83. The van der Waals surface area contributed by atoms with Gasteiger partial charge < -0.3 is 0 Å². The van der Waals surface area contributed by atoms with E-state index in [0.29, 0.717) is 12.0 Å². The van der Waals surface area contributed by atoms with Crippen LogP contribution in [0, 0.1) is 26.2 Å². The van der Waals surface area contributed by atoms with Crippen LogP contribution in [-0.2, 0) is 0 Å². The van der Waals surface area contributed by atoms with E-state index in [2.05, 4.69) is 30.0 Å². The number of terminal acetylenes is 1. The predicted molar refractivity (Wildman–Crippen MR) is 105 cm³/mol. The highest BCUT2D eigenvalue weighted by Gasteiger charge is 2.21. The number of pyridine rings is 1. The smallest absolute Gasteiger partial charge is 0.163 e. The second-order valence-corrected chi connectivity index (χ2v) is 6.49. The lowest BCUT2D eigenvalue weighted by molar-refractivity contribution is 0.0977. The van der Waals surface area contributed by atoms with Crippen molar-refractivity contribution in [2.24, 2.45) is 0 Å². The molecule has 3 aromatic rings. The number of carbonyl (C=O) groups excluding carboxylic acids is 1. The Morgan fingerprint density at radius 3 is 2.46 bits per heavy atom. The van der Waals surface area contributed by atoms with E-state index in [4.69, 9.17) is 6.42 Å². The summed E-state index contributed by atoms with van der Waals surface area (Å²) < 4.78 is 0. The Labute approximate surface area is 154 Å². The van der Waals surface area contributed by atoms with Gasteiger partial charge >= 0.3 is 0 Å². The summed E-state index contributed by atoms with van der Waals surface area (Å²) in [4.78, 5) is 17.1. The summed E-state index contributed by atoms with van der Waals surface area (Å²) in [5.74, 6) is 2.75. The van der Waals surface area contributed by atoms with Crippen LogP contribution in [0.1, 0.15) is 50.6 Å². The zero-order valence-corrected chi connectivity index (χ0v) is 15.1. The highest BCUT2D eigenvalue weighted by Crippen LogP contribution is 2.31. The van der Waals surface area contributed by atoms with Gasteiger partial charge in [-0.25, -0.2) is 0 Å². The number of ketones is 1. The third-order valence-corrected chi connectivity index (χ3v) is 4.65. The van der Waals surface area contributed by atoms with Gasteiger partial charge in [0, 0.05) is 35.4 Å². The van der Waals surface area contributed by atoms with Gasteiger partial charge in [0.25, 0.3) is 0 Å². The Balaban J connectivity index is 1.99. The van der Waals surface area contributed by atoms with Gasteiger partial charge in [0.2, 0.25) is 0 Å². The summed E-state index contributed by atoms with van der Waals surface area (Å²) in [5, 5.41) is 0. The number of rotatable bonds is 5. The Kier molecular flexibility index (Phi) is 5.29. The molecule has 2 heteroatoms. The molecule has 0 saturated carbocycles. The van der Waals surface area contributed by atoms with E-state index >= 15 is 0 Å². The van der Waals surface area contributed by atoms with Crippen molar-refractivity contribution < 1.29 is 4.79 Å². The second kappa shape index (κ2) is 7.80. The Hall–Kier alpha value is -3.18. The standard InChI is InChI=1S/C24H21NO/c1-4-19-9-11-20(12-10-19)23(22-8-6-5-7-17(22)2)16-24(26)21-13-14-25-18(3)15-21/h1,5-15,23H,16H2,2-3H3. The first kappa shape index (κ1) is 17.6. The molecular formula is C24H21NO. The van der Waals surface area contributed by atoms with Crippen LogP contribution in [0.4, 0.5) is 0 Å². The minimum atomic E-state index is -0.0102. The van der Waals surface area contributed by atoms with Crippen molar-refractivity contribution in [3.63, 3.8) is 0 Å². The fraction of sp³-hybridized carbons (Fsp3) is 0.167. The molecule has 0 fully saturated rings. The molecule has 1 aromatic heterocycles. The van der Waals surface area contributed by atoms with Gasteiger partial charge in [-0.3, -0.25) is 9.78 Å². The maximum absolute atomic E-state index is 12.9. The Morgan fingerprint density at radius 1 is 1.08 bits per heavy atom. The zero-order valence-electron chi connectivity index (χ0n) is 15.1. The highest BCUT2D eigenvalue weighted by atomic mass is 16.1. The van der Waals surface area contributed by atoms with Gasteiger partial charge in [-0.15, -0.1) is 6.42 Å². The van der Waals surface area contributed by atoms with Crippen LogP contribution in [0.5, 0.6) is 0 Å². The fourth-order valence-electron chi connectivity index (χ4n) is 3.22. The third-order valence-electron chi connectivity index (χ3n) is 4.65. The molecule has 0 spiro atoms. The van der Waals surface area contributed by atoms with Crippen molar-refractivity contribution in [2.75, 3.05) is 0 Å². The minimum absolute atomic E-state index is 0.0102. The molecule has 0 N–H and O–H groups in total. The number of aromatic nitrogens is 1. The molecule has 1 unspecified atom stereocenters. The largest absolute Gasteiger partial charge is 0.294 e. The maximum Gasteiger partial charge on any atom is 0.163 e. The maximum atomic E-state index is 12.9.